The van der Waals surface area contributed by atoms with Gasteiger partial charge >= 0.3 is 0 Å². The van der Waals surface area contributed by atoms with Gasteiger partial charge in [-0.25, -0.2) is 0 Å². The zero-order valence-electron chi connectivity index (χ0n) is 13.4. The van der Waals surface area contributed by atoms with E-state index in [9.17, 15) is 0 Å². The summed E-state index contributed by atoms with van der Waals surface area (Å²) in [7, 11) is 2.11. The molecule has 0 aliphatic carbocycles. The van der Waals surface area contributed by atoms with E-state index in [0.717, 1.165) is 37.7 Å². The fraction of sp³-hybridized carbons (Fsp3) is 0.688. The first-order valence-corrected chi connectivity index (χ1v) is 7.71. The number of nitrogens with one attached hydrogen (secondary N) is 1. The Balaban J connectivity index is 2.54. The molecule has 0 aliphatic heterocycles. The molecule has 4 heteroatoms. The van der Waals surface area contributed by atoms with Crippen molar-refractivity contribution in [3.63, 3.8) is 0 Å². The molecule has 0 radical (unpaired) electrons. The van der Waals surface area contributed by atoms with Crippen LogP contribution in [-0.4, -0.2) is 37.0 Å². The third kappa shape index (κ3) is 6.13. The molecule has 1 aromatic rings. The van der Waals surface area contributed by atoms with E-state index in [1.54, 1.807) is 6.26 Å². The van der Waals surface area contributed by atoms with Gasteiger partial charge in [0.2, 0.25) is 0 Å². The van der Waals surface area contributed by atoms with Crippen molar-refractivity contribution in [2.75, 3.05) is 20.1 Å². The van der Waals surface area contributed by atoms with E-state index >= 15 is 0 Å². The topological polar surface area (TPSA) is 40.8 Å². The summed E-state index contributed by atoms with van der Waals surface area (Å²) < 4.78 is 5.34. The van der Waals surface area contributed by atoms with Crippen LogP contribution in [0.4, 0.5) is 0 Å². The van der Waals surface area contributed by atoms with Crippen molar-refractivity contribution in [3.8, 4) is 0 Å². The van der Waals surface area contributed by atoms with Gasteiger partial charge in [0.1, 0.15) is 5.76 Å². The minimum atomic E-state index is 0.446. The lowest BCUT2D eigenvalue weighted by Crippen LogP contribution is -2.43. The van der Waals surface area contributed by atoms with E-state index in [-0.39, 0.29) is 0 Å². The lowest BCUT2D eigenvalue weighted by atomic mass is 10.2. The monoisotopic (exact) mass is 279 g/mol. The number of nitrogens with zero attached hydrogens (tertiary/aromatic N) is 2. The number of hydrogen-bond acceptors (Lipinski definition) is 2. The highest BCUT2D eigenvalue weighted by atomic mass is 16.3. The Hall–Kier alpha value is -1.45. The smallest absolute Gasteiger partial charge is 0.193 e. The fourth-order valence-electron chi connectivity index (χ4n) is 1.83. The number of guanidine groups is 1. The van der Waals surface area contributed by atoms with Gasteiger partial charge in [0.15, 0.2) is 5.96 Å². The Kier molecular flexibility index (Phi) is 7.85. The van der Waals surface area contributed by atoms with Crippen LogP contribution in [0.3, 0.4) is 0 Å². The average molecular weight is 279 g/mol. The predicted octanol–water partition coefficient (Wildman–Crippen LogP) is 3.30. The summed E-state index contributed by atoms with van der Waals surface area (Å²) in [5, 5.41) is 3.50. The van der Waals surface area contributed by atoms with Crippen LogP contribution in [0.15, 0.2) is 27.8 Å². The molecule has 1 heterocycles. The van der Waals surface area contributed by atoms with Crippen molar-refractivity contribution < 1.29 is 4.42 Å². The van der Waals surface area contributed by atoms with Crippen molar-refractivity contribution in [2.24, 2.45) is 4.99 Å². The van der Waals surface area contributed by atoms with E-state index in [2.05, 4.69) is 38.0 Å². The molecular weight excluding hydrogens is 250 g/mol. The maximum absolute atomic E-state index is 5.34. The highest BCUT2D eigenvalue weighted by molar-refractivity contribution is 5.80. The number of rotatable bonds is 8. The molecule has 0 saturated heterocycles. The van der Waals surface area contributed by atoms with Crippen molar-refractivity contribution in [3.05, 3.63) is 24.2 Å². The Labute approximate surface area is 123 Å². The third-order valence-electron chi connectivity index (χ3n) is 3.40. The maximum Gasteiger partial charge on any atom is 0.193 e. The first-order chi connectivity index (χ1) is 9.67. The maximum atomic E-state index is 5.34. The Morgan fingerprint density at radius 3 is 2.85 bits per heavy atom. The Morgan fingerprint density at radius 1 is 1.45 bits per heavy atom. The van der Waals surface area contributed by atoms with Crippen LogP contribution in [0.1, 0.15) is 45.8 Å². The van der Waals surface area contributed by atoms with E-state index in [0.29, 0.717) is 6.04 Å². The van der Waals surface area contributed by atoms with E-state index in [4.69, 9.17) is 9.41 Å². The molecule has 1 unspecified atom stereocenters. The lowest BCUT2D eigenvalue weighted by Gasteiger charge is -2.25. The number of aliphatic imine (C=N–C) groups is 1. The SMILES string of the molecule is CCCCN(C)C(=NCCc1ccco1)NC(C)CC. The second kappa shape index (κ2) is 9.45. The van der Waals surface area contributed by atoms with E-state index < -0.39 is 0 Å². The molecule has 114 valence electrons. The predicted molar refractivity (Wildman–Crippen MR) is 85.1 cm³/mol. The average Bonchev–Trinajstić information content (AvgIpc) is 2.96. The van der Waals surface area contributed by atoms with Crippen LogP contribution in [0.25, 0.3) is 0 Å². The number of hydrogen-bond donors (Lipinski definition) is 1. The quantitative estimate of drug-likeness (QED) is 0.586. The molecule has 1 aromatic heterocycles. The van der Waals surface area contributed by atoms with Crippen molar-refractivity contribution >= 4 is 5.96 Å². The largest absolute Gasteiger partial charge is 0.469 e. The molecule has 0 saturated carbocycles. The Bertz CT molecular complexity index is 373. The summed E-state index contributed by atoms with van der Waals surface area (Å²) in [5.41, 5.74) is 0. The van der Waals surface area contributed by atoms with Gasteiger partial charge in [-0.2, -0.15) is 0 Å². The molecule has 0 bridgehead atoms. The van der Waals surface area contributed by atoms with E-state index in [1.165, 1.54) is 12.8 Å². The third-order valence-corrected chi connectivity index (χ3v) is 3.40. The van der Waals surface area contributed by atoms with Gasteiger partial charge in [0, 0.05) is 32.6 Å². The second-order valence-corrected chi connectivity index (χ2v) is 5.26. The molecule has 1 N–H and O–H groups in total. The molecular formula is C16H29N3O. The number of furan rings is 1. The number of unbranched alkanes of at least 4 members (excludes halogenated alkanes) is 1. The molecule has 1 atom stereocenters. The molecule has 0 aromatic carbocycles. The first-order valence-electron chi connectivity index (χ1n) is 7.71. The van der Waals surface area contributed by atoms with Gasteiger partial charge in [-0.3, -0.25) is 4.99 Å². The molecule has 4 nitrogen and oxygen atoms in total. The zero-order valence-corrected chi connectivity index (χ0v) is 13.4. The summed E-state index contributed by atoms with van der Waals surface area (Å²) in [6, 6.07) is 4.37. The highest BCUT2D eigenvalue weighted by Crippen LogP contribution is 2.02. The summed E-state index contributed by atoms with van der Waals surface area (Å²) in [6.07, 6.45) is 6.05. The van der Waals surface area contributed by atoms with E-state index in [1.807, 2.05) is 12.1 Å². The summed E-state index contributed by atoms with van der Waals surface area (Å²) in [6.45, 7) is 8.38. The fourth-order valence-corrected chi connectivity index (χ4v) is 1.83. The van der Waals surface area contributed by atoms with Gasteiger partial charge in [-0.05, 0) is 31.9 Å². The summed E-state index contributed by atoms with van der Waals surface area (Å²) in [4.78, 5) is 6.93. The normalized spacial score (nSPS) is 13.3. The van der Waals surface area contributed by atoms with Crippen LogP contribution in [0, 0.1) is 0 Å². The summed E-state index contributed by atoms with van der Waals surface area (Å²) in [5.74, 6) is 1.99. The summed E-state index contributed by atoms with van der Waals surface area (Å²) >= 11 is 0. The van der Waals surface area contributed by atoms with Gasteiger partial charge in [-0.15, -0.1) is 0 Å². The van der Waals surface area contributed by atoms with Gasteiger partial charge in [0.25, 0.3) is 0 Å². The lowest BCUT2D eigenvalue weighted by molar-refractivity contribution is 0.449. The van der Waals surface area contributed by atoms with Crippen LogP contribution in [0.5, 0.6) is 0 Å². The van der Waals surface area contributed by atoms with Crippen LogP contribution in [-0.2, 0) is 6.42 Å². The van der Waals surface area contributed by atoms with Crippen molar-refractivity contribution in [1.29, 1.82) is 0 Å². The van der Waals surface area contributed by atoms with Crippen LogP contribution in [0.2, 0.25) is 0 Å². The second-order valence-electron chi connectivity index (χ2n) is 5.26. The van der Waals surface area contributed by atoms with Gasteiger partial charge in [0.05, 0.1) is 6.26 Å². The minimum Gasteiger partial charge on any atom is -0.469 e. The molecule has 0 fully saturated rings. The molecule has 0 aliphatic rings. The molecule has 20 heavy (non-hydrogen) atoms. The zero-order chi connectivity index (χ0) is 14.8. The van der Waals surface area contributed by atoms with Crippen molar-refractivity contribution in [2.45, 2.75) is 52.5 Å². The van der Waals surface area contributed by atoms with Crippen LogP contribution >= 0.6 is 0 Å². The first kappa shape index (κ1) is 16.6. The molecule has 1 rings (SSSR count). The van der Waals surface area contributed by atoms with Gasteiger partial charge < -0.3 is 14.6 Å². The standard InChI is InChI=1S/C16H29N3O/c1-5-7-12-19(4)16(18-14(3)6-2)17-11-10-15-9-8-13-20-15/h8-9,13-14H,5-7,10-12H2,1-4H3,(H,17,18). The Morgan fingerprint density at radius 2 is 2.25 bits per heavy atom. The van der Waals surface area contributed by atoms with Crippen LogP contribution < -0.4 is 5.32 Å². The van der Waals surface area contributed by atoms with Crippen molar-refractivity contribution in [1.82, 2.24) is 10.2 Å². The highest BCUT2D eigenvalue weighted by Gasteiger charge is 2.08. The molecule has 0 spiro atoms. The molecule has 0 amide bonds. The minimum absolute atomic E-state index is 0.446. The van der Waals surface area contributed by atoms with Gasteiger partial charge in [-0.1, -0.05) is 20.3 Å².